The van der Waals surface area contributed by atoms with Gasteiger partial charge in [0.15, 0.2) is 5.16 Å². The van der Waals surface area contributed by atoms with E-state index in [0.717, 1.165) is 21.6 Å². The van der Waals surface area contributed by atoms with E-state index in [1.165, 1.54) is 26.2 Å². The SMILES string of the molecule is COc1cc(C(C)(C)c2cnc(SCc3c(F)cc(S(=O)(=O)N(CCC[N+](C)(C)C)[C@H](C)C(=O)O)cc3F)n2-c2ccc(F)cc2)ccc1Cl.O=C([O-])C(F)(F)F. The van der Waals surface area contributed by atoms with Gasteiger partial charge in [-0.25, -0.2) is 26.6 Å². The molecule has 57 heavy (non-hydrogen) atoms. The second kappa shape index (κ2) is 18.5. The Morgan fingerprint density at radius 2 is 1.60 bits per heavy atom. The highest BCUT2D eigenvalue weighted by Crippen LogP contribution is 2.39. The normalized spacial score (nSPS) is 12.9. The van der Waals surface area contributed by atoms with Gasteiger partial charge in [0.25, 0.3) is 0 Å². The molecule has 0 amide bonds. The van der Waals surface area contributed by atoms with Crippen LogP contribution in [-0.2, 0) is 30.8 Å². The molecule has 0 unspecified atom stereocenters. The van der Waals surface area contributed by atoms with Gasteiger partial charge in [-0.2, -0.15) is 17.5 Å². The summed E-state index contributed by atoms with van der Waals surface area (Å²) in [7, 11) is 2.64. The zero-order chi connectivity index (χ0) is 43.3. The third-order valence-electron chi connectivity index (χ3n) is 8.62. The van der Waals surface area contributed by atoms with Crippen LogP contribution in [0.4, 0.5) is 26.3 Å². The molecule has 0 fully saturated rings. The number of ether oxygens (including phenoxy) is 1. The van der Waals surface area contributed by atoms with Crippen molar-refractivity contribution in [1.29, 1.82) is 0 Å². The minimum absolute atomic E-state index is 0.153. The van der Waals surface area contributed by atoms with Gasteiger partial charge in [-0.05, 0) is 61.0 Å². The number of carboxylic acid groups (broad SMARTS) is 2. The van der Waals surface area contributed by atoms with E-state index in [1.807, 2.05) is 41.1 Å². The number of sulfonamides is 1. The first kappa shape index (κ1) is 47.1. The van der Waals surface area contributed by atoms with Crippen molar-refractivity contribution >= 4 is 45.3 Å². The Labute approximate surface area is 335 Å². The van der Waals surface area contributed by atoms with Crippen molar-refractivity contribution < 1.29 is 63.8 Å². The highest BCUT2D eigenvalue weighted by Gasteiger charge is 2.35. The third-order valence-corrected chi connectivity index (χ3v) is 11.9. The number of aliphatic carboxylic acids is 2. The van der Waals surface area contributed by atoms with Crippen LogP contribution in [0.5, 0.6) is 5.75 Å². The monoisotopic (exact) mass is 866 g/mol. The Kier molecular flexibility index (Phi) is 15.3. The summed E-state index contributed by atoms with van der Waals surface area (Å²) in [5.41, 5.74) is 0.951. The zero-order valence-electron chi connectivity index (χ0n) is 31.8. The predicted molar refractivity (Wildman–Crippen MR) is 199 cm³/mol. The van der Waals surface area contributed by atoms with Crippen LogP contribution >= 0.6 is 23.4 Å². The number of hydrogen-bond acceptors (Lipinski definition) is 8. The van der Waals surface area contributed by atoms with Crippen LogP contribution in [0.25, 0.3) is 5.69 Å². The first-order valence-electron chi connectivity index (χ1n) is 16.8. The van der Waals surface area contributed by atoms with Gasteiger partial charge in [0.1, 0.15) is 35.2 Å². The molecule has 1 N–H and O–H groups in total. The summed E-state index contributed by atoms with van der Waals surface area (Å²) in [6, 6.07) is 11.0. The lowest BCUT2D eigenvalue weighted by molar-refractivity contribution is -0.870. The minimum Gasteiger partial charge on any atom is -0.542 e. The maximum Gasteiger partial charge on any atom is 0.430 e. The fourth-order valence-corrected chi connectivity index (χ4v) is 8.25. The number of carboxylic acids is 2. The number of nitrogens with zero attached hydrogens (tertiary/aromatic N) is 4. The van der Waals surface area contributed by atoms with Crippen molar-refractivity contribution in [2.45, 2.75) is 60.6 Å². The van der Waals surface area contributed by atoms with E-state index < -0.39 is 67.5 Å². The van der Waals surface area contributed by atoms with Crippen molar-refractivity contribution in [2.24, 2.45) is 0 Å². The number of benzene rings is 3. The van der Waals surface area contributed by atoms with E-state index >= 15 is 8.78 Å². The standard InChI is InChI=1S/C35H40ClF3N4O5S2.C2HF3O2/c1-22(33(44)45)41(15-8-16-43(4,5)6)50(46,47)26-18-29(38)27(30(39)19-26)21-49-34-40-20-32(42(34)25-12-10-24(37)11-13-25)35(2,3)23-9-14-28(36)31(17-23)48-7;3-2(4,5)1(6)7/h9-14,17-20,22H,8,15-16,21H2,1-7H3;(H,6,7)/t22-;/m1./s1. The quantitative estimate of drug-likeness (QED) is 0.0814. The summed E-state index contributed by atoms with van der Waals surface area (Å²) in [6.07, 6.45) is -3.24. The Hall–Kier alpha value is -4.30. The maximum absolute atomic E-state index is 15.6. The molecule has 0 radical (unpaired) electrons. The van der Waals surface area contributed by atoms with Gasteiger partial charge in [0, 0.05) is 35.4 Å². The van der Waals surface area contributed by atoms with Crippen molar-refractivity contribution in [3.05, 3.63) is 100 Å². The average Bonchev–Trinajstić information content (AvgIpc) is 3.54. The Bertz CT molecular complexity index is 2150. The molecule has 1 aromatic heterocycles. The van der Waals surface area contributed by atoms with Crippen molar-refractivity contribution in [3.8, 4) is 11.4 Å². The third kappa shape index (κ3) is 11.9. The summed E-state index contributed by atoms with van der Waals surface area (Å²) in [5.74, 6) is -6.87. The Balaban J connectivity index is 0.00000113. The number of carbonyl (C=O) groups is 2. The number of alkyl halides is 3. The molecule has 0 saturated heterocycles. The molecule has 11 nitrogen and oxygen atoms in total. The van der Waals surface area contributed by atoms with Crippen LogP contribution in [0, 0.1) is 17.5 Å². The van der Waals surface area contributed by atoms with Gasteiger partial charge < -0.3 is 24.2 Å². The molecule has 0 bridgehead atoms. The van der Waals surface area contributed by atoms with Gasteiger partial charge in [-0.3, -0.25) is 9.36 Å². The van der Waals surface area contributed by atoms with E-state index in [0.29, 0.717) is 56.9 Å². The van der Waals surface area contributed by atoms with Crippen LogP contribution in [0.1, 0.15) is 44.0 Å². The van der Waals surface area contributed by atoms with Gasteiger partial charge >= 0.3 is 12.1 Å². The highest BCUT2D eigenvalue weighted by atomic mass is 35.5. The molecular formula is C37H41ClF6N4O7S2. The van der Waals surface area contributed by atoms with Crippen LogP contribution in [0.15, 0.2) is 70.8 Å². The van der Waals surface area contributed by atoms with E-state index in [4.69, 9.17) is 26.2 Å². The zero-order valence-corrected chi connectivity index (χ0v) is 34.2. The lowest BCUT2D eigenvalue weighted by atomic mass is 9.81. The van der Waals surface area contributed by atoms with Crippen molar-refractivity contribution in [2.75, 3.05) is 41.3 Å². The summed E-state index contributed by atoms with van der Waals surface area (Å²) in [5, 5.41) is 19.2. The molecule has 0 aliphatic heterocycles. The van der Waals surface area contributed by atoms with E-state index in [2.05, 4.69) is 4.98 Å². The van der Waals surface area contributed by atoms with Crippen molar-refractivity contribution in [3.63, 3.8) is 0 Å². The number of thioether (sulfide) groups is 1. The lowest BCUT2D eigenvalue weighted by Gasteiger charge is -2.28. The number of rotatable bonds is 15. The molecule has 20 heteroatoms. The van der Waals surface area contributed by atoms with E-state index in [1.54, 1.807) is 35.0 Å². The predicted octanol–water partition coefficient (Wildman–Crippen LogP) is 6.43. The summed E-state index contributed by atoms with van der Waals surface area (Å²) in [4.78, 5) is 24.5. The maximum atomic E-state index is 15.6. The van der Waals surface area contributed by atoms with E-state index in [9.17, 15) is 35.9 Å². The first-order valence-corrected chi connectivity index (χ1v) is 19.6. The number of aromatic nitrogens is 2. The van der Waals surface area contributed by atoms with Gasteiger partial charge in [0.2, 0.25) is 10.0 Å². The number of imidazole rings is 1. The largest absolute Gasteiger partial charge is 0.542 e. The molecular weight excluding hydrogens is 826 g/mol. The van der Waals surface area contributed by atoms with Crippen LogP contribution < -0.4 is 9.84 Å². The number of methoxy groups -OCH3 is 1. The minimum atomic E-state index is -5.19. The highest BCUT2D eigenvalue weighted by molar-refractivity contribution is 7.98. The molecule has 4 aromatic rings. The average molecular weight is 867 g/mol. The summed E-state index contributed by atoms with van der Waals surface area (Å²) in [6.45, 7) is 5.51. The molecule has 1 heterocycles. The summed E-state index contributed by atoms with van der Waals surface area (Å²) >= 11 is 7.28. The fourth-order valence-electron chi connectivity index (χ4n) is 5.40. The summed E-state index contributed by atoms with van der Waals surface area (Å²) < 4.78 is 112. The number of carbonyl (C=O) groups excluding carboxylic acids is 1. The molecule has 4 rings (SSSR count). The number of quaternary nitrogens is 1. The van der Waals surface area contributed by atoms with Crippen molar-refractivity contribution in [1.82, 2.24) is 13.9 Å². The molecule has 0 aliphatic rings. The lowest BCUT2D eigenvalue weighted by Crippen LogP contribution is -2.45. The molecule has 312 valence electrons. The molecule has 0 aliphatic carbocycles. The fraction of sp³-hybridized carbons (Fsp3) is 0.378. The molecule has 0 saturated carbocycles. The smallest absolute Gasteiger partial charge is 0.430 e. The molecule has 1 atom stereocenters. The Morgan fingerprint density at radius 1 is 1.04 bits per heavy atom. The van der Waals surface area contributed by atoms with Crippen LogP contribution in [0.3, 0.4) is 0 Å². The first-order chi connectivity index (χ1) is 26.2. The van der Waals surface area contributed by atoms with E-state index in [-0.39, 0.29) is 12.3 Å². The van der Waals surface area contributed by atoms with Gasteiger partial charge in [-0.1, -0.05) is 43.3 Å². The molecule has 0 spiro atoms. The second-order valence-electron chi connectivity index (χ2n) is 14.1. The number of halogens is 7. The Morgan fingerprint density at radius 3 is 2.09 bits per heavy atom. The number of hydrogen-bond donors (Lipinski definition) is 1. The second-order valence-corrected chi connectivity index (χ2v) is 17.4. The molecule has 3 aromatic carbocycles. The topological polar surface area (TPSA) is 142 Å². The van der Waals surface area contributed by atoms with Crippen LogP contribution in [0.2, 0.25) is 5.02 Å². The van der Waals surface area contributed by atoms with Gasteiger partial charge in [0.05, 0.1) is 56.6 Å². The van der Waals surface area contributed by atoms with Gasteiger partial charge in [-0.15, -0.1) is 0 Å². The van der Waals surface area contributed by atoms with Crippen LogP contribution in [-0.4, -0.2) is 97.4 Å².